The van der Waals surface area contributed by atoms with Crippen LogP contribution >= 0.6 is 11.3 Å². The predicted octanol–water partition coefficient (Wildman–Crippen LogP) is 3.08. The summed E-state index contributed by atoms with van der Waals surface area (Å²) in [5, 5.41) is 5.67. The molecule has 0 radical (unpaired) electrons. The second kappa shape index (κ2) is 7.82. The highest BCUT2D eigenvalue weighted by molar-refractivity contribution is 7.09. The molecule has 3 heteroatoms. The zero-order valence-corrected chi connectivity index (χ0v) is 11.3. The van der Waals surface area contributed by atoms with Crippen LogP contribution in [0.5, 0.6) is 0 Å². The number of methoxy groups -OCH3 is 1. The molecule has 0 aliphatic rings. The fourth-order valence-electron chi connectivity index (χ4n) is 2.05. The van der Waals surface area contributed by atoms with Gasteiger partial charge in [0.05, 0.1) is 6.10 Å². The van der Waals surface area contributed by atoms with Crippen LogP contribution in [0.15, 0.2) is 17.5 Å². The van der Waals surface area contributed by atoms with Crippen molar-refractivity contribution in [3.8, 4) is 0 Å². The third-order valence-electron chi connectivity index (χ3n) is 2.90. The second-order valence-corrected chi connectivity index (χ2v) is 5.00. The minimum Gasteiger partial charge on any atom is -0.380 e. The number of hydrogen-bond donors (Lipinski definition) is 1. The van der Waals surface area contributed by atoms with Gasteiger partial charge < -0.3 is 10.1 Å². The smallest absolute Gasteiger partial charge is 0.0721 e. The molecule has 1 aromatic heterocycles. The number of thiophene rings is 1. The largest absolute Gasteiger partial charge is 0.380 e. The van der Waals surface area contributed by atoms with Gasteiger partial charge in [0.25, 0.3) is 0 Å². The summed E-state index contributed by atoms with van der Waals surface area (Å²) in [7, 11) is 1.81. The van der Waals surface area contributed by atoms with E-state index in [1.807, 2.05) is 18.4 Å². The average Bonchev–Trinajstić information content (AvgIpc) is 2.80. The van der Waals surface area contributed by atoms with E-state index >= 15 is 0 Å². The van der Waals surface area contributed by atoms with Gasteiger partial charge >= 0.3 is 0 Å². The maximum absolute atomic E-state index is 5.52. The molecular formula is C13H23NOS. The molecule has 0 amide bonds. The molecule has 16 heavy (non-hydrogen) atoms. The minimum atomic E-state index is 0.333. The van der Waals surface area contributed by atoms with Crippen LogP contribution in [0.25, 0.3) is 0 Å². The molecule has 0 saturated heterocycles. The number of ether oxygens (including phenoxy) is 1. The molecule has 2 nitrogen and oxygen atoms in total. The number of aryl methyl sites for hydroxylation is 1. The third-order valence-corrected chi connectivity index (χ3v) is 3.84. The molecule has 1 aromatic rings. The van der Waals surface area contributed by atoms with Crippen molar-refractivity contribution in [1.82, 2.24) is 5.32 Å². The van der Waals surface area contributed by atoms with Crippen molar-refractivity contribution in [1.29, 1.82) is 0 Å². The zero-order chi connectivity index (χ0) is 11.8. The third kappa shape index (κ3) is 4.24. The zero-order valence-electron chi connectivity index (χ0n) is 10.5. The van der Waals surface area contributed by atoms with Crippen molar-refractivity contribution in [3.63, 3.8) is 0 Å². The molecule has 0 aliphatic carbocycles. The summed E-state index contributed by atoms with van der Waals surface area (Å²) in [6.45, 7) is 5.35. The Balaban J connectivity index is 2.43. The minimum absolute atomic E-state index is 0.333. The average molecular weight is 241 g/mol. The Bertz CT molecular complexity index is 257. The summed E-state index contributed by atoms with van der Waals surface area (Å²) < 4.78 is 5.52. The van der Waals surface area contributed by atoms with E-state index in [1.165, 1.54) is 4.88 Å². The highest BCUT2D eigenvalue weighted by Gasteiger charge is 2.18. The van der Waals surface area contributed by atoms with Crippen LogP contribution in [0.2, 0.25) is 0 Å². The van der Waals surface area contributed by atoms with Crippen molar-refractivity contribution in [2.45, 2.75) is 45.3 Å². The number of hydrogen-bond acceptors (Lipinski definition) is 3. The number of likely N-dealkylation sites (N-methyl/N-ethyl adjacent to an activating group) is 1. The van der Waals surface area contributed by atoms with Crippen molar-refractivity contribution < 1.29 is 4.74 Å². The Labute approximate surface area is 103 Å². The van der Waals surface area contributed by atoms with Crippen LogP contribution in [0, 0.1) is 0 Å². The van der Waals surface area contributed by atoms with E-state index < -0.39 is 0 Å². The maximum Gasteiger partial charge on any atom is 0.0721 e. The molecule has 1 heterocycles. The Morgan fingerprint density at radius 1 is 1.44 bits per heavy atom. The molecule has 92 valence electrons. The van der Waals surface area contributed by atoms with Crippen LogP contribution in [-0.2, 0) is 11.2 Å². The Kier molecular flexibility index (Phi) is 6.69. The van der Waals surface area contributed by atoms with E-state index in [-0.39, 0.29) is 0 Å². The number of rotatable bonds is 8. The lowest BCUT2D eigenvalue weighted by atomic mass is 10.0. The van der Waals surface area contributed by atoms with Gasteiger partial charge in [-0.15, -0.1) is 11.3 Å². The summed E-state index contributed by atoms with van der Waals surface area (Å²) in [5.74, 6) is 0. The molecule has 0 aromatic carbocycles. The first-order valence-corrected chi connectivity index (χ1v) is 6.98. The van der Waals surface area contributed by atoms with Crippen LogP contribution in [0.1, 0.15) is 31.6 Å². The number of nitrogens with one attached hydrogen (secondary N) is 1. The van der Waals surface area contributed by atoms with E-state index in [0.717, 1.165) is 25.8 Å². The summed E-state index contributed by atoms with van der Waals surface area (Å²) in [4.78, 5) is 1.47. The topological polar surface area (TPSA) is 21.3 Å². The van der Waals surface area contributed by atoms with Crippen LogP contribution in [0.4, 0.5) is 0 Å². The van der Waals surface area contributed by atoms with Crippen LogP contribution < -0.4 is 5.32 Å². The van der Waals surface area contributed by atoms with Gasteiger partial charge in [0, 0.05) is 18.0 Å². The lowest BCUT2D eigenvalue weighted by Crippen LogP contribution is -2.40. The van der Waals surface area contributed by atoms with Crippen LogP contribution in [0.3, 0.4) is 0 Å². The van der Waals surface area contributed by atoms with Gasteiger partial charge in [-0.3, -0.25) is 0 Å². The van der Waals surface area contributed by atoms with Gasteiger partial charge in [-0.1, -0.05) is 19.9 Å². The molecule has 2 atom stereocenters. The van der Waals surface area contributed by atoms with Gasteiger partial charge in [0.2, 0.25) is 0 Å². The van der Waals surface area contributed by atoms with E-state index in [4.69, 9.17) is 4.74 Å². The Hall–Kier alpha value is -0.380. The Morgan fingerprint density at radius 2 is 2.25 bits per heavy atom. The molecule has 0 aliphatic heterocycles. The summed E-state index contributed by atoms with van der Waals surface area (Å²) in [6, 6.07) is 4.80. The predicted molar refractivity (Wildman–Crippen MR) is 71.2 cm³/mol. The van der Waals surface area contributed by atoms with Gasteiger partial charge in [-0.05, 0) is 37.3 Å². The van der Waals surface area contributed by atoms with Gasteiger partial charge in [0.15, 0.2) is 0 Å². The molecule has 2 unspecified atom stereocenters. The van der Waals surface area contributed by atoms with Crippen LogP contribution in [-0.4, -0.2) is 25.8 Å². The van der Waals surface area contributed by atoms with E-state index in [1.54, 1.807) is 0 Å². The van der Waals surface area contributed by atoms with E-state index in [9.17, 15) is 0 Å². The SMILES string of the molecule is CCNC(CCc1cccs1)C(CC)OC. The molecule has 0 spiro atoms. The normalized spacial score (nSPS) is 14.9. The first-order valence-electron chi connectivity index (χ1n) is 6.10. The van der Waals surface area contributed by atoms with E-state index in [2.05, 4.69) is 36.7 Å². The van der Waals surface area contributed by atoms with Crippen molar-refractivity contribution in [3.05, 3.63) is 22.4 Å². The quantitative estimate of drug-likeness (QED) is 0.755. The molecular weight excluding hydrogens is 218 g/mol. The highest BCUT2D eigenvalue weighted by Crippen LogP contribution is 2.15. The Morgan fingerprint density at radius 3 is 2.75 bits per heavy atom. The summed E-state index contributed by atoms with van der Waals surface area (Å²) >= 11 is 1.84. The molecule has 0 bridgehead atoms. The van der Waals surface area contributed by atoms with Gasteiger partial charge in [-0.25, -0.2) is 0 Å². The van der Waals surface area contributed by atoms with Gasteiger partial charge in [-0.2, -0.15) is 0 Å². The molecule has 0 fully saturated rings. The first kappa shape index (κ1) is 13.7. The lowest BCUT2D eigenvalue weighted by molar-refractivity contribution is 0.0632. The van der Waals surface area contributed by atoms with E-state index in [0.29, 0.717) is 12.1 Å². The van der Waals surface area contributed by atoms with Gasteiger partial charge in [0.1, 0.15) is 0 Å². The fraction of sp³-hybridized carbons (Fsp3) is 0.692. The molecule has 1 N–H and O–H groups in total. The van der Waals surface area contributed by atoms with Crippen molar-refractivity contribution >= 4 is 11.3 Å². The first-order chi connectivity index (χ1) is 7.81. The maximum atomic E-state index is 5.52. The molecule has 0 saturated carbocycles. The standard InChI is InChI=1S/C13H23NOS/c1-4-13(15-3)12(14-5-2)9-8-11-7-6-10-16-11/h6-7,10,12-14H,4-5,8-9H2,1-3H3. The fourth-order valence-corrected chi connectivity index (χ4v) is 2.77. The lowest BCUT2D eigenvalue weighted by Gasteiger charge is -2.25. The second-order valence-electron chi connectivity index (χ2n) is 3.96. The van der Waals surface area contributed by atoms with Crippen molar-refractivity contribution in [2.24, 2.45) is 0 Å². The highest BCUT2D eigenvalue weighted by atomic mass is 32.1. The monoisotopic (exact) mass is 241 g/mol. The van der Waals surface area contributed by atoms with Crippen molar-refractivity contribution in [2.75, 3.05) is 13.7 Å². The molecule has 1 rings (SSSR count). The summed E-state index contributed by atoms with van der Waals surface area (Å²) in [5.41, 5.74) is 0. The summed E-state index contributed by atoms with van der Waals surface area (Å²) in [6.07, 6.45) is 3.70.